The van der Waals surface area contributed by atoms with Gasteiger partial charge < -0.3 is 0 Å². The van der Waals surface area contributed by atoms with Gasteiger partial charge in [0.2, 0.25) is 0 Å². The zero-order valence-corrected chi connectivity index (χ0v) is 11.1. The normalized spacial score (nSPS) is 10.9. The molecule has 1 heterocycles. The van der Waals surface area contributed by atoms with Gasteiger partial charge in [0.15, 0.2) is 0 Å². The standard InChI is InChI=1S/C15H17FN2O/c1-11(2)18-8-7-13(17-18)10-14(19)9-12-5-3-4-6-15(12)16/h3-8,11H,9-10H2,1-2H3. The molecule has 0 amide bonds. The van der Waals surface area contributed by atoms with E-state index in [4.69, 9.17) is 0 Å². The Morgan fingerprint density at radius 2 is 2.00 bits per heavy atom. The van der Waals surface area contributed by atoms with Gasteiger partial charge in [-0.05, 0) is 31.5 Å². The maximum Gasteiger partial charge on any atom is 0.143 e. The lowest BCUT2D eigenvalue weighted by atomic mass is 10.1. The average Bonchev–Trinajstić information content (AvgIpc) is 2.80. The van der Waals surface area contributed by atoms with Gasteiger partial charge in [0.1, 0.15) is 11.6 Å². The number of halogens is 1. The van der Waals surface area contributed by atoms with E-state index >= 15 is 0 Å². The van der Waals surface area contributed by atoms with Crippen LogP contribution in [0, 0.1) is 5.82 Å². The first-order chi connectivity index (χ1) is 9.06. The first-order valence-corrected chi connectivity index (χ1v) is 6.35. The van der Waals surface area contributed by atoms with Crippen molar-refractivity contribution in [2.75, 3.05) is 0 Å². The molecule has 19 heavy (non-hydrogen) atoms. The van der Waals surface area contributed by atoms with Gasteiger partial charge >= 0.3 is 0 Å². The van der Waals surface area contributed by atoms with Crippen LogP contribution in [0.15, 0.2) is 36.5 Å². The average molecular weight is 260 g/mol. The number of carbonyl (C=O) groups is 1. The lowest BCUT2D eigenvalue weighted by Crippen LogP contribution is -2.09. The molecule has 3 nitrogen and oxygen atoms in total. The molecule has 0 radical (unpaired) electrons. The number of aromatic nitrogens is 2. The number of ketones is 1. The summed E-state index contributed by atoms with van der Waals surface area (Å²) in [4.78, 5) is 11.9. The number of Topliss-reactive ketones (excluding diaryl/α,β-unsaturated/α-hetero) is 1. The first kappa shape index (κ1) is 13.5. The largest absolute Gasteiger partial charge is 0.299 e. The smallest absolute Gasteiger partial charge is 0.143 e. The second-order valence-electron chi connectivity index (χ2n) is 4.86. The fourth-order valence-electron chi connectivity index (χ4n) is 1.88. The van der Waals surface area contributed by atoms with E-state index < -0.39 is 0 Å². The van der Waals surface area contributed by atoms with E-state index in [0.29, 0.717) is 5.56 Å². The molecule has 0 aliphatic rings. The Morgan fingerprint density at radius 3 is 2.63 bits per heavy atom. The van der Waals surface area contributed by atoms with Crippen LogP contribution in [0.1, 0.15) is 31.1 Å². The van der Waals surface area contributed by atoms with Crippen LogP contribution in [-0.4, -0.2) is 15.6 Å². The van der Waals surface area contributed by atoms with Crippen LogP contribution >= 0.6 is 0 Å². The van der Waals surface area contributed by atoms with Crippen LogP contribution in [0.2, 0.25) is 0 Å². The summed E-state index contributed by atoms with van der Waals surface area (Å²) in [5.41, 5.74) is 1.17. The highest BCUT2D eigenvalue weighted by Gasteiger charge is 2.11. The summed E-state index contributed by atoms with van der Waals surface area (Å²) in [5, 5.41) is 4.32. The highest BCUT2D eigenvalue weighted by Crippen LogP contribution is 2.10. The molecule has 4 heteroatoms. The highest BCUT2D eigenvalue weighted by molar-refractivity contribution is 5.82. The Hall–Kier alpha value is -1.97. The topological polar surface area (TPSA) is 34.9 Å². The molecule has 2 aromatic rings. The maximum atomic E-state index is 13.4. The van der Waals surface area contributed by atoms with E-state index in [-0.39, 0.29) is 30.5 Å². The molecule has 0 unspecified atom stereocenters. The number of hydrogen-bond donors (Lipinski definition) is 0. The molecular formula is C15H17FN2O. The van der Waals surface area contributed by atoms with Crippen LogP contribution in [-0.2, 0) is 17.6 Å². The van der Waals surface area contributed by atoms with Crippen molar-refractivity contribution in [3.05, 3.63) is 53.6 Å². The Morgan fingerprint density at radius 1 is 1.26 bits per heavy atom. The molecule has 100 valence electrons. The molecule has 0 saturated carbocycles. The Kier molecular flexibility index (Phi) is 4.10. The van der Waals surface area contributed by atoms with Crippen molar-refractivity contribution in [3.8, 4) is 0 Å². The Balaban J connectivity index is 1.99. The van der Waals surface area contributed by atoms with Crippen LogP contribution in [0.4, 0.5) is 4.39 Å². The summed E-state index contributed by atoms with van der Waals surface area (Å²) < 4.78 is 15.2. The molecule has 0 saturated heterocycles. The van der Waals surface area contributed by atoms with Crippen molar-refractivity contribution in [3.63, 3.8) is 0 Å². The SMILES string of the molecule is CC(C)n1ccc(CC(=O)Cc2ccccc2F)n1. The summed E-state index contributed by atoms with van der Waals surface area (Å²) in [6.07, 6.45) is 2.21. The van der Waals surface area contributed by atoms with E-state index in [0.717, 1.165) is 5.69 Å². The Labute approximate surface area is 112 Å². The minimum atomic E-state index is -0.330. The second-order valence-corrected chi connectivity index (χ2v) is 4.86. The highest BCUT2D eigenvalue weighted by atomic mass is 19.1. The van der Waals surface area contributed by atoms with E-state index in [9.17, 15) is 9.18 Å². The van der Waals surface area contributed by atoms with E-state index in [1.54, 1.807) is 18.2 Å². The summed E-state index contributed by atoms with van der Waals surface area (Å²) in [6, 6.07) is 8.47. The summed E-state index contributed by atoms with van der Waals surface area (Å²) >= 11 is 0. The number of nitrogens with zero attached hydrogens (tertiary/aromatic N) is 2. The summed E-state index contributed by atoms with van der Waals surface area (Å²) in [7, 11) is 0. The first-order valence-electron chi connectivity index (χ1n) is 6.35. The number of hydrogen-bond acceptors (Lipinski definition) is 2. The quantitative estimate of drug-likeness (QED) is 0.828. The van der Waals surface area contributed by atoms with Gasteiger partial charge in [0.25, 0.3) is 0 Å². The van der Waals surface area contributed by atoms with Gasteiger partial charge in [-0.1, -0.05) is 18.2 Å². The minimum Gasteiger partial charge on any atom is -0.299 e. The van der Waals surface area contributed by atoms with Crippen molar-refractivity contribution in [1.29, 1.82) is 0 Å². The molecule has 0 bridgehead atoms. The predicted molar refractivity (Wildman–Crippen MR) is 71.4 cm³/mol. The van der Waals surface area contributed by atoms with Crippen LogP contribution in [0.5, 0.6) is 0 Å². The zero-order valence-electron chi connectivity index (χ0n) is 11.1. The zero-order chi connectivity index (χ0) is 13.8. The van der Waals surface area contributed by atoms with E-state index in [1.807, 2.05) is 30.8 Å². The number of carbonyl (C=O) groups excluding carboxylic acids is 1. The van der Waals surface area contributed by atoms with Gasteiger partial charge in [-0.3, -0.25) is 9.48 Å². The molecule has 1 aromatic heterocycles. The lowest BCUT2D eigenvalue weighted by molar-refractivity contribution is -0.117. The van der Waals surface area contributed by atoms with E-state index in [1.165, 1.54) is 6.07 Å². The molecule has 0 atom stereocenters. The molecule has 1 aromatic carbocycles. The minimum absolute atomic E-state index is 0.0286. The molecule has 2 rings (SSSR count). The third kappa shape index (κ3) is 3.50. The van der Waals surface area contributed by atoms with Gasteiger partial charge in [0.05, 0.1) is 12.1 Å². The summed E-state index contributed by atoms with van der Waals surface area (Å²) in [5.74, 6) is -0.359. The number of benzene rings is 1. The van der Waals surface area contributed by atoms with Crippen molar-refractivity contribution in [1.82, 2.24) is 9.78 Å². The third-order valence-electron chi connectivity index (χ3n) is 2.92. The van der Waals surface area contributed by atoms with Gasteiger partial charge in [-0.15, -0.1) is 0 Å². The van der Waals surface area contributed by atoms with Crippen molar-refractivity contribution in [2.45, 2.75) is 32.7 Å². The second kappa shape index (κ2) is 5.78. The molecular weight excluding hydrogens is 243 g/mol. The fraction of sp³-hybridized carbons (Fsp3) is 0.333. The van der Waals surface area contributed by atoms with Gasteiger partial charge in [0, 0.05) is 18.7 Å². The lowest BCUT2D eigenvalue weighted by Gasteiger charge is -2.04. The van der Waals surface area contributed by atoms with Gasteiger partial charge in [-0.25, -0.2) is 4.39 Å². The van der Waals surface area contributed by atoms with Crippen LogP contribution in [0.25, 0.3) is 0 Å². The maximum absolute atomic E-state index is 13.4. The van der Waals surface area contributed by atoms with Crippen molar-refractivity contribution >= 4 is 5.78 Å². The van der Waals surface area contributed by atoms with E-state index in [2.05, 4.69) is 5.10 Å². The fourth-order valence-corrected chi connectivity index (χ4v) is 1.88. The molecule has 0 fully saturated rings. The number of rotatable bonds is 5. The predicted octanol–water partition coefficient (Wildman–Crippen LogP) is 2.96. The molecule has 0 spiro atoms. The summed E-state index contributed by atoms with van der Waals surface area (Å²) in [6.45, 7) is 4.05. The van der Waals surface area contributed by atoms with Gasteiger partial charge in [-0.2, -0.15) is 5.10 Å². The van der Waals surface area contributed by atoms with Crippen LogP contribution in [0.3, 0.4) is 0 Å². The third-order valence-corrected chi connectivity index (χ3v) is 2.92. The molecule has 0 N–H and O–H groups in total. The van der Waals surface area contributed by atoms with Crippen molar-refractivity contribution in [2.24, 2.45) is 0 Å². The monoisotopic (exact) mass is 260 g/mol. The molecule has 0 aliphatic heterocycles. The van der Waals surface area contributed by atoms with Crippen LogP contribution < -0.4 is 0 Å². The Bertz CT molecular complexity index is 575. The van der Waals surface area contributed by atoms with Crippen molar-refractivity contribution < 1.29 is 9.18 Å². The molecule has 0 aliphatic carbocycles.